The fourth-order valence-corrected chi connectivity index (χ4v) is 2.00. The quantitative estimate of drug-likeness (QED) is 0.738. The minimum absolute atomic E-state index is 0.377. The van der Waals surface area contributed by atoms with Gasteiger partial charge in [0.2, 0.25) is 5.91 Å². The van der Waals surface area contributed by atoms with Crippen LogP contribution in [0.15, 0.2) is 12.1 Å². The molecule has 0 atom stereocenters. The van der Waals surface area contributed by atoms with Gasteiger partial charge in [-0.1, -0.05) is 0 Å². The SMILES string of the molecule is COc1ccc(C(N)=O)c2c1CCNC2. The molecule has 4 nitrogen and oxygen atoms in total. The smallest absolute Gasteiger partial charge is 0.249 e. The molecule has 3 N–H and O–H groups in total. The second kappa shape index (κ2) is 3.90. The van der Waals surface area contributed by atoms with Gasteiger partial charge in [0.15, 0.2) is 0 Å². The predicted molar refractivity (Wildman–Crippen MR) is 56.9 cm³/mol. The van der Waals surface area contributed by atoms with Crippen molar-refractivity contribution in [3.63, 3.8) is 0 Å². The van der Waals surface area contributed by atoms with Crippen LogP contribution in [0.1, 0.15) is 21.5 Å². The van der Waals surface area contributed by atoms with E-state index in [-0.39, 0.29) is 5.91 Å². The number of rotatable bonds is 2. The Morgan fingerprint density at radius 1 is 1.47 bits per heavy atom. The van der Waals surface area contributed by atoms with Gasteiger partial charge in [-0.3, -0.25) is 4.79 Å². The summed E-state index contributed by atoms with van der Waals surface area (Å²) in [4.78, 5) is 11.2. The first kappa shape index (κ1) is 9.98. The van der Waals surface area contributed by atoms with Gasteiger partial charge < -0.3 is 15.8 Å². The molecule has 1 aromatic rings. The molecule has 0 unspecified atom stereocenters. The lowest BCUT2D eigenvalue weighted by Gasteiger charge is -2.21. The molecule has 0 aromatic heterocycles. The van der Waals surface area contributed by atoms with Crippen molar-refractivity contribution in [2.24, 2.45) is 5.73 Å². The minimum atomic E-state index is -0.377. The second-order valence-electron chi connectivity index (χ2n) is 3.56. The molecule has 4 heteroatoms. The van der Waals surface area contributed by atoms with Crippen molar-refractivity contribution >= 4 is 5.91 Å². The lowest BCUT2D eigenvalue weighted by molar-refractivity contribution is 0.0999. The Balaban J connectivity index is 2.57. The number of carbonyl (C=O) groups is 1. The van der Waals surface area contributed by atoms with Crippen LogP contribution in [-0.4, -0.2) is 19.6 Å². The fraction of sp³-hybridized carbons (Fsp3) is 0.364. The number of nitrogens with two attached hydrogens (primary N) is 1. The molecule has 0 bridgehead atoms. The third-order valence-electron chi connectivity index (χ3n) is 2.73. The highest BCUT2D eigenvalue weighted by Gasteiger charge is 2.19. The van der Waals surface area contributed by atoms with Gasteiger partial charge in [-0.2, -0.15) is 0 Å². The van der Waals surface area contributed by atoms with Gasteiger partial charge in [-0.25, -0.2) is 0 Å². The zero-order chi connectivity index (χ0) is 10.8. The van der Waals surface area contributed by atoms with Crippen LogP contribution in [0.2, 0.25) is 0 Å². The van der Waals surface area contributed by atoms with E-state index in [0.29, 0.717) is 12.1 Å². The molecule has 1 aliphatic heterocycles. The summed E-state index contributed by atoms with van der Waals surface area (Å²) in [6.45, 7) is 1.59. The van der Waals surface area contributed by atoms with E-state index >= 15 is 0 Å². The molecule has 0 aliphatic carbocycles. The number of nitrogens with one attached hydrogen (secondary N) is 1. The zero-order valence-electron chi connectivity index (χ0n) is 8.67. The molecule has 0 saturated heterocycles. The molecule has 15 heavy (non-hydrogen) atoms. The van der Waals surface area contributed by atoms with Crippen molar-refractivity contribution in [1.82, 2.24) is 5.32 Å². The average molecular weight is 206 g/mol. The molecule has 1 aromatic carbocycles. The Hall–Kier alpha value is -1.55. The highest BCUT2D eigenvalue weighted by Crippen LogP contribution is 2.27. The molecular formula is C11H14N2O2. The summed E-state index contributed by atoms with van der Waals surface area (Å²) in [5, 5.41) is 3.22. The number of hydrogen-bond donors (Lipinski definition) is 2. The van der Waals surface area contributed by atoms with Crippen LogP contribution in [0.4, 0.5) is 0 Å². The third kappa shape index (κ3) is 1.68. The predicted octanol–water partition coefficient (Wildman–Crippen LogP) is 0.440. The number of amides is 1. The molecular weight excluding hydrogens is 192 g/mol. The largest absolute Gasteiger partial charge is 0.496 e. The van der Waals surface area contributed by atoms with Gasteiger partial charge >= 0.3 is 0 Å². The maximum Gasteiger partial charge on any atom is 0.249 e. The third-order valence-corrected chi connectivity index (χ3v) is 2.73. The number of fused-ring (bicyclic) bond motifs is 1. The monoisotopic (exact) mass is 206 g/mol. The van der Waals surface area contributed by atoms with Gasteiger partial charge in [0.1, 0.15) is 5.75 Å². The Labute approximate surface area is 88.4 Å². The maximum absolute atomic E-state index is 11.2. The van der Waals surface area contributed by atoms with Crippen molar-refractivity contribution in [3.05, 3.63) is 28.8 Å². The summed E-state index contributed by atoms with van der Waals surface area (Å²) in [7, 11) is 1.64. The summed E-state index contributed by atoms with van der Waals surface area (Å²) < 4.78 is 5.27. The van der Waals surface area contributed by atoms with Crippen LogP contribution < -0.4 is 15.8 Å². The summed E-state index contributed by atoms with van der Waals surface area (Å²) in [6.07, 6.45) is 0.875. The normalized spacial score (nSPS) is 14.5. The van der Waals surface area contributed by atoms with Crippen molar-refractivity contribution < 1.29 is 9.53 Å². The summed E-state index contributed by atoms with van der Waals surface area (Å²) >= 11 is 0. The molecule has 2 rings (SSSR count). The zero-order valence-corrected chi connectivity index (χ0v) is 8.67. The van der Waals surface area contributed by atoms with E-state index in [1.165, 1.54) is 0 Å². The first-order valence-corrected chi connectivity index (χ1v) is 4.93. The molecule has 1 amide bonds. The summed E-state index contributed by atoms with van der Waals surface area (Å²) in [5.74, 6) is 0.467. The first-order chi connectivity index (χ1) is 7.24. The topological polar surface area (TPSA) is 64.3 Å². The Kier molecular flexibility index (Phi) is 2.60. The minimum Gasteiger partial charge on any atom is -0.496 e. The molecule has 0 radical (unpaired) electrons. The van der Waals surface area contributed by atoms with E-state index in [1.807, 2.05) is 6.07 Å². The standard InChI is InChI=1S/C11H14N2O2/c1-15-10-3-2-8(11(12)14)9-6-13-5-4-7(9)10/h2-3,13H,4-6H2,1H3,(H2,12,14). The molecule has 0 saturated carbocycles. The van der Waals surface area contributed by atoms with Gasteiger partial charge in [-0.05, 0) is 30.7 Å². The van der Waals surface area contributed by atoms with Crippen molar-refractivity contribution in [3.8, 4) is 5.75 Å². The van der Waals surface area contributed by atoms with E-state index in [0.717, 1.165) is 29.8 Å². The van der Waals surface area contributed by atoms with Crippen molar-refractivity contribution in [1.29, 1.82) is 0 Å². The van der Waals surface area contributed by atoms with E-state index < -0.39 is 0 Å². The van der Waals surface area contributed by atoms with Gasteiger partial charge in [0, 0.05) is 17.7 Å². The molecule has 1 aliphatic rings. The van der Waals surface area contributed by atoms with Crippen LogP contribution in [-0.2, 0) is 13.0 Å². The fourth-order valence-electron chi connectivity index (χ4n) is 2.00. The second-order valence-corrected chi connectivity index (χ2v) is 3.56. The summed E-state index contributed by atoms with van der Waals surface area (Å²) in [6, 6.07) is 3.54. The lowest BCUT2D eigenvalue weighted by atomic mass is 9.94. The lowest BCUT2D eigenvalue weighted by Crippen LogP contribution is -2.27. The van der Waals surface area contributed by atoms with E-state index in [1.54, 1.807) is 13.2 Å². The first-order valence-electron chi connectivity index (χ1n) is 4.93. The van der Waals surface area contributed by atoms with Crippen LogP contribution in [0, 0.1) is 0 Å². The summed E-state index contributed by atoms with van der Waals surface area (Å²) in [5.41, 5.74) is 8.00. The Morgan fingerprint density at radius 2 is 2.27 bits per heavy atom. The number of carbonyl (C=O) groups excluding carboxylic acids is 1. The van der Waals surface area contributed by atoms with Gasteiger partial charge in [0.05, 0.1) is 7.11 Å². The van der Waals surface area contributed by atoms with Crippen LogP contribution in [0.3, 0.4) is 0 Å². The van der Waals surface area contributed by atoms with Gasteiger partial charge in [-0.15, -0.1) is 0 Å². The Morgan fingerprint density at radius 3 is 2.93 bits per heavy atom. The molecule has 0 fully saturated rings. The van der Waals surface area contributed by atoms with Crippen molar-refractivity contribution in [2.75, 3.05) is 13.7 Å². The van der Waals surface area contributed by atoms with E-state index in [9.17, 15) is 4.79 Å². The van der Waals surface area contributed by atoms with Gasteiger partial charge in [0.25, 0.3) is 0 Å². The van der Waals surface area contributed by atoms with Crippen molar-refractivity contribution in [2.45, 2.75) is 13.0 Å². The van der Waals surface area contributed by atoms with Crippen LogP contribution in [0.5, 0.6) is 5.75 Å². The Bertz CT molecular complexity index is 402. The maximum atomic E-state index is 11.2. The number of primary amides is 1. The van der Waals surface area contributed by atoms with E-state index in [4.69, 9.17) is 10.5 Å². The molecule has 1 heterocycles. The number of hydrogen-bond acceptors (Lipinski definition) is 3. The molecule has 80 valence electrons. The van der Waals surface area contributed by atoms with Crippen LogP contribution in [0.25, 0.3) is 0 Å². The molecule has 0 spiro atoms. The number of ether oxygens (including phenoxy) is 1. The number of benzene rings is 1. The van der Waals surface area contributed by atoms with Crippen LogP contribution >= 0.6 is 0 Å². The highest BCUT2D eigenvalue weighted by molar-refractivity contribution is 5.95. The highest BCUT2D eigenvalue weighted by atomic mass is 16.5. The van der Waals surface area contributed by atoms with E-state index in [2.05, 4.69) is 5.32 Å². The number of methoxy groups -OCH3 is 1. The average Bonchev–Trinajstić information content (AvgIpc) is 2.27.